The molecule has 2 rings (SSSR count). The minimum Gasteiger partial charge on any atom is -0.460 e. The zero-order valence-corrected chi connectivity index (χ0v) is 46.1. The summed E-state index contributed by atoms with van der Waals surface area (Å²) in [6.07, 6.45) is 5.39. The minimum atomic E-state index is -2.30. The Bertz CT molecular complexity index is 1560. The molecule has 0 bridgehead atoms. The highest BCUT2D eigenvalue weighted by molar-refractivity contribution is 6.74. The molecule has 1 saturated carbocycles. The van der Waals surface area contributed by atoms with Crippen molar-refractivity contribution in [1.82, 2.24) is 4.90 Å². The van der Waals surface area contributed by atoms with E-state index in [1.165, 1.54) is 12.0 Å². The maximum absolute atomic E-state index is 14.5. The first-order valence-corrected chi connectivity index (χ1v) is 30.4. The maximum Gasteiger partial charge on any atom is 0.411 e. The van der Waals surface area contributed by atoms with Crippen molar-refractivity contribution in [2.24, 2.45) is 29.6 Å². The van der Waals surface area contributed by atoms with Gasteiger partial charge in [-0.15, -0.1) is 0 Å². The third-order valence-corrected chi connectivity index (χ3v) is 24.0. The molecule has 1 saturated heterocycles. The first-order valence-electron chi connectivity index (χ1n) is 24.9. The number of rotatable bonds is 25. The summed E-state index contributed by atoms with van der Waals surface area (Å²) >= 11 is 0. The molecule has 11 atom stereocenters. The van der Waals surface area contributed by atoms with Crippen LogP contribution in [0.2, 0.25) is 36.3 Å². The lowest BCUT2D eigenvalue weighted by Gasteiger charge is -2.44. The normalized spacial score (nSPS) is 23.7. The molecule has 0 radical (unpaired) electrons. The minimum absolute atomic E-state index is 0.00684. The Morgan fingerprint density at radius 2 is 1.46 bits per heavy atom. The third-order valence-electron chi connectivity index (χ3n) is 14.8. The van der Waals surface area contributed by atoms with Gasteiger partial charge in [-0.2, -0.15) is 0 Å². The number of amides is 1. The van der Waals surface area contributed by atoms with E-state index in [9.17, 15) is 24.0 Å². The zero-order valence-electron chi connectivity index (χ0n) is 44.1. The van der Waals surface area contributed by atoms with Crippen molar-refractivity contribution < 1.29 is 51.8 Å². The van der Waals surface area contributed by atoms with Gasteiger partial charge in [0.15, 0.2) is 22.4 Å². The number of hydrogen-bond acceptors (Lipinski definition) is 11. The molecule has 0 aromatic rings. The molecule has 0 N–H and O–H groups in total. The highest BCUT2D eigenvalue weighted by Gasteiger charge is 2.45. The number of ether oxygens (including phenoxy) is 4. The highest BCUT2D eigenvalue weighted by Crippen LogP contribution is 2.42. The molecule has 2 aliphatic rings. The summed E-state index contributed by atoms with van der Waals surface area (Å²) in [6, 6.07) is 1.75. The van der Waals surface area contributed by atoms with Crippen molar-refractivity contribution in [1.29, 1.82) is 0 Å². The maximum atomic E-state index is 14.5. The largest absolute Gasteiger partial charge is 0.460 e. The number of esters is 1. The number of ketones is 2. The van der Waals surface area contributed by atoms with Gasteiger partial charge in [0.1, 0.15) is 35.9 Å². The molecule has 1 aliphatic heterocycles. The van der Waals surface area contributed by atoms with Crippen LogP contribution < -0.4 is 0 Å². The molecule has 1 amide bonds. The first-order chi connectivity index (χ1) is 30.1. The predicted molar refractivity (Wildman–Crippen MR) is 264 cm³/mol. The quantitative estimate of drug-likeness (QED) is 0.0373. The molecular weight excluding hydrogens is 859 g/mol. The van der Waals surface area contributed by atoms with E-state index >= 15 is 0 Å². The van der Waals surface area contributed by atoms with E-state index in [1.807, 2.05) is 26.8 Å². The van der Waals surface area contributed by atoms with Crippen LogP contribution >= 0.6 is 0 Å². The molecule has 0 aromatic heterocycles. The molecule has 12 nitrogen and oxygen atoms in total. The van der Waals surface area contributed by atoms with Crippen molar-refractivity contribution in [3.05, 3.63) is 11.6 Å². The van der Waals surface area contributed by atoms with E-state index in [0.717, 1.165) is 62.1 Å². The topological polar surface area (TPSA) is 144 Å². The van der Waals surface area contributed by atoms with E-state index in [1.54, 1.807) is 34.8 Å². The van der Waals surface area contributed by atoms with Crippen molar-refractivity contribution in [2.75, 3.05) is 20.8 Å². The van der Waals surface area contributed by atoms with E-state index in [0.29, 0.717) is 25.8 Å². The van der Waals surface area contributed by atoms with Gasteiger partial charge in [-0.25, -0.2) is 9.59 Å². The van der Waals surface area contributed by atoms with E-state index < -0.39 is 70.5 Å². The predicted octanol–water partition coefficient (Wildman–Crippen LogP) is 11.3. The molecular formula is C51H93NO11Si2. The van der Waals surface area contributed by atoms with Gasteiger partial charge in [0.2, 0.25) is 0 Å². The molecule has 65 heavy (non-hydrogen) atoms. The third kappa shape index (κ3) is 17.3. The molecule has 0 unspecified atom stereocenters. The van der Waals surface area contributed by atoms with E-state index in [-0.39, 0.29) is 53.0 Å². The molecule has 14 heteroatoms. The summed E-state index contributed by atoms with van der Waals surface area (Å²) in [4.78, 5) is 69.3. The van der Waals surface area contributed by atoms with Gasteiger partial charge in [-0.1, -0.05) is 75.3 Å². The number of Topliss-reactive ketones (excluding diaryl/α,β-unsaturated/α-hetero) is 2. The van der Waals surface area contributed by atoms with Crippen molar-refractivity contribution in [3.8, 4) is 0 Å². The standard InChI is InChI=1S/C51H93NO11Si2/c1-19-65(20-2,21-3)63-46(47(59-16)45(55)37(7)28-34(4)33-53)38(8)29-35(5)41(54)32-43(60-48(56)40-24-22-23-27-52(40)49(57)61-50(9,10)11)36(6)30-39-25-26-42(44(31-39)58-15)62-64(17,18)51(12,13)14/h29,33-37,39-40,42-44,46-47H,19-28,30-32H2,1-18H3/b38-29+/t34-,35+,36+,37+,39-,40-,42+,43-,44+,46+,47-/m0/s1. The SMILES string of the molecule is CC[Si](CC)(CC)O[C@H](/C(C)=C/[C@@H](C)C(=O)C[C@H](OC(=O)[C@@H]1CCCCN1C(=O)OC(C)(C)C)[C@H](C)C[C@@H]1CC[C@@H](O[Si](C)(C)C(C)(C)C)[C@H](OC)C1)[C@@H](OC)C(=O)[C@H](C)C[C@H](C)C=O. The number of aldehydes is 1. The number of hydrogen-bond donors (Lipinski definition) is 0. The van der Waals surface area contributed by atoms with Gasteiger partial charge >= 0.3 is 12.1 Å². The van der Waals surface area contributed by atoms with Crippen LogP contribution in [0.1, 0.15) is 155 Å². The monoisotopic (exact) mass is 952 g/mol. The van der Waals surface area contributed by atoms with Gasteiger partial charge < -0.3 is 32.6 Å². The molecule has 1 heterocycles. The van der Waals surface area contributed by atoms with E-state index in [4.69, 9.17) is 27.8 Å². The van der Waals surface area contributed by atoms with Crippen LogP contribution in [0, 0.1) is 29.6 Å². The number of allylic oxidation sites excluding steroid dienone is 1. The number of likely N-dealkylation sites (tertiary alicyclic amines) is 1. The fraction of sp³-hybridized carbons (Fsp3) is 0.863. The number of nitrogens with zero attached hydrogens (tertiary/aromatic N) is 1. The average molecular weight is 952 g/mol. The Labute approximate surface area is 397 Å². The Kier molecular flexibility index (Phi) is 23.5. The summed E-state index contributed by atoms with van der Waals surface area (Å²) in [5, 5.41) is 0.0707. The zero-order chi connectivity index (χ0) is 49.7. The van der Waals surface area contributed by atoms with Crippen molar-refractivity contribution in [3.63, 3.8) is 0 Å². The fourth-order valence-electron chi connectivity index (χ4n) is 9.34. The molecule has 2 fully saturated rings. The van der Waals surface area contributed by atoms with Crippen LogP contribution in [0.15, 0.2) is 11.6 Å². The number of carbonyl (C=O) groups is 5. The Balaban J connectivity index is 2.52. The second-order valence-corrected chi connectivity index (χ2v) is 31.7. The van der Waals surface area contributed by atoms with Crippen LogP contribution in [0.3, 0.4) is 0 Å². The average Bonchev–Trinajstić information content (AvgIpc) is 3.23. The second-order valence-electron chi connectivity index (χ2n) is 22.2. The molecule has 0 aromatic carbocycles. The van der Waals surface area contributed by atoms with Gasteiger partial charge in [0, 0.05) is 44.9 Å². The van der Waals surface area contributed by atoms with E-state index in [2.05, 4.69) is 61.6 Å². The van der Waals surface area contributed by atoms with Crippen LogP contribution in [-0.2, 0) is 47.0 Å². The number of methoxy groups -OCH3 is 2. The summed E-state index contributed by atoms with van der Waals surface area (Å²) in [6.45, 7) is 32.9. The highest BCUT2D eigenvalue weighted by atomic mass is 28.4. The summed E-state index contributed by atoms with van der Waals surface area (Å²) in [5.41, 5.74) is -0.00239. The van der Waals surface area contributed by atoms with Crippen LogP contribution in [0.25, 0.3) is 0 Å². The van der Waals surface area contributed by atoms with Gasteiger partial charge in [-0.3, -0.25) is 14.5 Å². The van der Waals surface area contributed by atoms with Crippen LogP contribution in [0.5, 0.6) is 0 Å². The summed E-state index contributed by atoms with van der Waals surface area (Å²) in [7, 11) is -1.07. The molecule has 1 aliphatic carbocycles. The lowest BCUT2D eigenvalue weighted by Crippen LogP contribution is -2.51. The molecule has 376 valence electrons. The fourth-order valence-corrected chi connectivity index (χ4v) is 13.6. The lowest BCUT2D eigenvalue weighted by atomic mass is 9.78. The first kappa shape index (κ1) is 58.9. The summed E-state index contributed by atoms with van der Waals surface area (Å²) < 4.78 is 38.1. The smallest absolute Gasteiger partial charge is 0.411 e. The van der Waals surface area contributed by atoms with Gasteiger partial charge in [0.25, 0.3) is 0 Å². The van der Waals surface area contributed by atoms with Crippen molar-refractivity contribution >= 4 is 46.5 Å². The summed E-state index contributed by atoms with van der Waals surface area (Å²) in [5.74, 6) is -2.02. The lowest BCUT2D eigenvalue weighted by molar-refractivity contribution is -0.161. The molecule has 0 spiro atoms. The van der Waals surface area contributed by atoms with Crippen molar-refractivity contribution in [2.45, 2.75) is 233 Å². The van der Waals surface area contributed by atoms with Gasteiger partial charge in [-0.05, 0) is 133 Å². The Hall–Kier alpha value is -2.24. The second kappa shape index (κ2) is 25.9. The van der Waals surface area contributed by atoms with Crippen LogP contribution in [0.4, 0.5) is 4.79 Å². The number of piperidine rings is 1. The number of carbonyl (C=O) groups excluding carboxylic acids is 5. The Morgan fingerprint density at radius 1 is 0.846 bits per heavy atom. The Morgan fingerprint density at radius 3 is 1.98 bits per heavy atom. The van der Waals surface area contributed by atoms with Crippen LogP contribution in [-0.4, -0.2) is 114 Å². The van der Waals surface area contributed by atoms with Gasteiger partial charge in [0.05, 0.1) is 18.3 Å².